The van der Waals surface area contributed by atoms with Gasteiger partial charge in [0.2, 0.25) is 11.5 Å². The first-order valence-electron chi connectivity index (χ1n) is 8.02. The van der Waals surface area contributed by atoms with Gasteiger partial charge in [0.1, 0.15) is 5.75 Å². The monoisotopic (exact) mass is 330 g/mol. The smallest absolute Gasteiger partial charge is 0.358 e. The van der Waals surface area contributed by atoms with Crippen LogP contribution in [0.4, 0.5) is 0 Å². The van der Waals surface area contributed by atoms with Crippen LogP contribution in [0.5, 0.6) is 5.75 Å². The Kier molecular flexibility index (Phi) is 4.32. The highest BCUT2D eigenvalue weighted by Gasteiger charge is 2.36. The number of rotatable bonds is 2. The van der Waals surface area contributed by atoms with Gasteiger partial charge in [-0.1, -0.05) is 0 Å². The van der Waals surface area contributed by atoms with Gasteiger partial charge < -0.3 is 19.3 Å². The SMILES string of the molecule is COC(=O)C(=C1Oc2cc(C)c(C)cc2C1=O)N1CCN(C)CC1. The maximum absolute atomic E-state index is 12.8. The van der Waals surface area contributed by atoms with Crippen LogP contribution in [0, 0.1) is 13.8 Å². The molecule has 0 atom stereocenters. The summed E-state index contributed by atoms with van der Waals surface area (Å²) in [6, 6.07) is 3.66. The summed E-state index contributed by atoms with van der Waals surface area (Å²) in [5.41, 5.74) is 2.79. The summed E-state index contributed by atoms with van der Waals surface area (Å²) in [4.78, 5) is 29.2. The van der Waals surface area contributed by atoms with Crippen LogP contribution in [0.15, 0.2) is 23.6 Å². The minimum absolute atomic E-state index is 0.0754. The molecule has 0 unspecified atom stereocenters. The van der Waals surface area contributed by atoms with Crippen LogP contribution in [0.3, 0.4) is 0 Å². The fourth-order valence-corrected chi connectivity index (χ4v) is 2.98. The number of ketones is 1. The molecule has 0 amide bonds. The van der Waals surface area contributed by atoms with Crippen molar-refractivity contribution in [3.8, 4) is 5.75 Å². The molecular weight excluding hydrogens is 308 g/mol. The number of carbonyl (C=O) groups excluding carboxylic acids is 2. The summed E-state index contributed by atoms with van der Waals surface area (Å²) in [5.74, 6) is -0.211. The van der Waals surface area contributed by atoms with E-state index in [4.69, 9.17) is 9.47 Å². The van der Waals surface area contributed by atoms with Crippen molar-refractivity contribution in [3.63, 3.8) is 0 Å². The van der Waals surface area contributed by atoms with Crippen molar-refractivity contribution in [1.82, 2.24) is 9.80 Å². The van der Waals surface area contributed by atoms with Gasteiger partial charge in [-0.3, -0.25) is 4.79 Å². The van der Waals surface area contributed by atoms with E-state index in [9.17, 15) is 9.59 Å². The number of likely N-dealkylation sites (N-methyl/N-ethyl adjacent to an activating group) is 1. The van der Waals surface area contributed by atoms with E-state index in [-0.39, 0.29) is 17.2 Å². The molecule has 0 saturated carbocycles. The number of methoxy groups -OCH3 is 1. The highest BCUT2D eigenvalue weighted by Crippen LogP contribution is 2.35. The molecule has 1 aromatic rings. The van der Waals surface area contributed by atoms with Crippen LogP contribution in [0.1, 0.15) is 21.5 Å². The summed E-state index contributed by atoms with van der Waals surface area (Å²) in [6.45, 7) is 6.84. The molecule has 0 radical (unpaired) electrons. The Hall–Kier alpha value is -2.34. The van der Waals surface area contributed by atoms with Gasteiger partial charge in [0, 0.05) is 26.2 Å². The van der Waals surface area contributed by atoms with E-state index < -0.39 is 5.97 Å². The molecule has 2 heterocycles. The number of fused-ring (bicyclic) bond motifs is 1. The molecule has 6 nitrogen and oxygen atoms in total. The second-order valence-electron chi connectivity index (χ2n) is 6.32. The Balaban J connectivity index is 2.03. The number of benzene rings is 1. The van der Waals surface area contributed by atoms with Gasteiger partial charge in [0.25, 0.3) is 0 Å². The Morgan fingerprint density at radius 1 is 1.12 bits per heavy atom. The Labute approximate surface area is 141 Å². The van der Waals surface area contributed by atoms with Crippen molar-refractivity contribution in [1.29, 1.82) is 0 Å². The fraction of sp³-hybridized carbons (Fsp3) is 0.444. The molecule has 0 aliphatic carbocycles. The molecule has 24 heavy (non-hydrogen) atoms. The summed E-state index contributed by atoms with van der Waals surface area (Å²) < 4.78 is 10.7. The zero-order valence-electron chi connectivity index (χ0n) is 14.5. The third-order valence-corrected chi connectivity index (χ3v) is 4.67. The first kappa shape index (κ1) is 16.5. The molecule has 6 heteroatoms. The lowest BCUT2D eigenvalue weighted by Crippen LogP contribution is -2.46. The number of ether oxygens (including phenoxy) is 2. The predicted molar refractivity (Wildman–Crippen MR) is 89.0 cm³/mol. The van der Waals surface area contributed by atoms with Crippen molar-refractivity contribution in [2.24, 2.45) is 0 Å². The number of allylic oxidation sites excluding steroid dienone is 1. The molecular formula is C18H22N2O4. The standard InChI is InChI=1S/C18H22N2O4/c1-11-9-13-14(10-12(11)2)24-17(16(13)21)15(18(22)23-4)20-7-5-19(3)6-8-20/h9-10H,5-8H2,1-4H3. The van der Waals surface area contributed by atoms with Crippen molar-refractivity contribution in [3.05, 3.63) is 40.3 Å². The zero-order chi connectivity index (χ0) is 17.4. The third-order valence-electron chi connectivity index (χ3n) is 4.67. The molecule has 2 aliphatic heterocycles. The van der Waals surface area contributed by atoms with Gasteiger partial charge in [-0.25, -0.2) is 4.79 Å². The molecule has 3 rings (SSSR count). The number of hydrogen-bond acceptors (Lipinski definition) is 6. The lowest BCUT2D eigenvalue weighted by atomic mass is 10.0. The van der Waals surface area contributed by atoms with Crippen molar-refractivity contribution < 1.29 is 19.1 Å². The maximum atomic E-state index is 12.8. The predicted octanol–water partition coefficient (Wildman–Crippen LogP) is 1.51. The topological polar surface area (TPSA) is 59.1 Å². The van der Waals surface area contributed by atoms with E-state index in [0.29, 0.717) is 24.4 Å². The largest absolute Gasteiger partial charge is 0.464 e. The Morgan fingerprint density at radius 3 is 2.38 bits per heavy atom. The van der Waals surface area contributed by atoms with Crippen LogP contribution >= 0.6 is 0 Å². The minimum atomic E-state index is -0.538. The van der Waals surface area contributed by atoms with Crippen LogP contribution < -0.4 is 4.74 Å². The van der Waals surface area contributed by atoms with E-state index in [1.165, 1.54) is 7.11 Å². The van der Waals surface area contributed by atoms with Gasteiger partial charge in [-0.15, -0.1) is 0 Å². The van der Waals surface area contributed by atoms with E-state index in [2.05, 4.69) is 4.90 Å². The average molecular weight is 330 g/mol. The number of nitrogens with zero attached hydrogens (tertiary/aromatic N) is 2. The molecule has 0 aromatic heterocycles. The Morgan fingerprint density at radius 2 is 1.75 bits per heavy atom. The minimum Gasteiger partial charge on any atom is -0.464 e. The number of carbonyl (C=O) groups is 2. The fourth-order valence-electron chi connectivity index (χ4n) is 2.98. The lowest BCUT2D eigenvalue weighted by molar-refractivity contribution is -0.138. The number of esters is 1. The van der Waals surface area contributed by atoms with E-state index in [1.807, 2.05) is 37.9 Å². The van der Waals surface area contributed by atoms with Gasteiger partial charge in [0.05, 0.1) is 12.7 Å². The number of Topliss-reactive ketones (excluding diaryl/α,β-unsaturated/α-hetero) is 1. The molecule has 2 aliphatic rings. The van der Waals surface area contributed by atoms with Crippen molar-refractivity contribution >= 4 is 11.8 Å². The second-order valence-corrected chi connectivity index (χ2v) is 6.32. The second kappa shape index (κ2) is 6.28. The van der Waals surface area contributed by atoms with Crippen molar-refractivity contribution in [2.75, 3.05) is 40.3 Å². The highest BCUT2D eigenvalue weighted by atomic mass is 16.5. The maximum Gasteiger partial charge on any atom is 0.358 e. The van der Waals surface area contributed by atoms with Gasteiger partial charge in [-0.05, 0) is 44.2 Å². The summed E-state index contributed by atoms with van der Waals surface area (Å²) in [7, 11) is 3.35. The first-order valence-corrected chi connectivity index (χ1v) is 8.02. The number of piperazine rings is 1. The van der Waals surface area contributed by atoms with Crippen LogP contribution in [-0.2, 0) is 9.53 Å². The lowest BCUT2D eigenvalue weighted by Gasteiger charge is -2.34. The van der Waals surface area contributed by atoms with Crippen LogP contribution in [-0.4, -0.2) is 61.9 Å². The normalized spacial score (nSPS) is 19.8. The first-order chi connectivity index (χ1) is 11.4. The molecule has 1 saturated heterocycles. The zero-order valence-corrected chi connectivity index (χ0v) is 14.5. The van der Waals surface area contributed by atoms with E-state index >= 15 is 0 Å². The van der Waals surface area contributed by atoms with Crippen LogP contribution in [0.25, 0.3) is 0 Å². The molecule has 0 spiro atoms. The average Bonchev–Trinajstić information content (AvgIpc) is 2.86. The van der Waals surface area contributed by atoms with Crippen molar-refractivity contribution in [2.45, 2.75) is 13.8 Å². The molecule has 1 aromatic carbocycles. The van der Waals surface area contributed by atoms with Crippen LogP contribution in [0.2, 0.25) is 0 Å². The summed E-state index contributed by atoms with van der Waals surface area (Å²) in [6.07, 6.45) is 0. The quantitative estimate of drug-likeness (QED) is 0.605. The highest BCUT2D eigenvalue weighted by molar-refractivity contribution is 6.15. The van der Waals surface area contributed by atoms with E-state index in [1.54, 1.807) is 0 Å². The molecule has 128 valence electrons. The Bertz CT molecular complexity index is 731. The van der Waals surface area contributed by atoms with Gasteiger partial charge >= 0.3 is 5.97 Å². The van der Waals surface area contributed by atoms with E-state index in [0.717, 1.165) is 24.2 Å². The van der Waals surface area contributed by atoms with Gasteiger partial charge in [-0.2, -0.15) is 0 Å². The number of aryl methyl sites for hydroxylation is 2. The summed E-state index contributed by atoms with van der Waals surface area (Å²) >= 11 is 0. The van der Waals surface area contributed by atoms with Gasteiger partial charge in [0.15, 0.2) is 5.70 Å². The third kappa shape index (κ3) is 2.78. The summed E-state index contributed by atoms with van der Waals surface area (Å²) in [5, 5.41) is 0. The molecule has 0 N–H and O–H groups in total. The molecule has 0 bridgehead atoms. The molecule has 1 fully saturated rings. The number of hydrogen-bond donors (Lipinski definition) is 0.